The van der Waals surface area contributed by atoms with Crippen LogP contribution in [-0.4, -0.2) is 26.6 Å². The number of nitrogens with zero attached hydrogens (tertiary/aromatic N) is 3. The van der Waals surface area contributed by atoms with Crippen LogP contribution >= 0.6 is 0 Å². The molecule has 0 aliphatic rings. The van der Waals surface area contributed by atoms with Gasteiger partial charge in [0.05, 0.1) is 0 Å². The lowest BCUT2D eigenvalue weighted by Gasteiger charge is -1.85. The summed E-state index contributed by atoms with van der Waals surface area (Å²) in [5.74, 6) is 3.49. The van der Waals surface area contributed by atoms with Crippen LogP contribution in [0.25, 0.3) is 0 Å². The molecule has 0 spiro atoms. The summed E-state index contributed by atoms with van der Waals surface area (Å²) in [7, 11) is 0. The fourth-order valence-corrected chi connectivity index (χ4v) is 0.301. The van der Waals surface area contributed by atoms with Crippen LogP contribution in [0.1, 0.15) is 10.6 Å². The van der Waals surface area contributed by atoms with E-state index in [9.17, 15) is 4.79 Å². The summed E-state index contributed by atoms with van der Waals surface area (Å²) in [6.07, 6.45) is 0. The van der Waals surface area contributed by atoms with Crippen molar-refractivity contribution >= 4 is 5.97 Å². The highest BCUT2D eigenvalue weighted by molar-refractivity contribution is 5.84. The van der Waals surface area contributed by atoms with Gasteiger partial charge in [-0.15, -0.1) is 10.2 Å². The molecule has 0 atom stereocenters. The first-order chi connectivity index (χ1) is 4.34. The Balaban J connectivity index is 2.77. The van der Waals surface area contributed by atoms with Crippen molar-refractivity contribution in [2.75, 3.05) is 0 Å². The van der Waals surface area contributed by atoms with Crippen molar-refractivity contribution in [3.63, 3.8) is 0 Å². The Labute approximate surface area is 49.1 Å². The Morgan fingerprint density at radius 2 is 2.56 bits per heavy atom. The molecule has 0 aliphatic carbocycles. The molecule has 7 heteroatoms. The van der Waals surface area contributed by atoms with E-state index in [1.807, 2.05) is 0 Å². The highest BCUT2D eigenvalue weighted by Crippen LogP contribution is 1.82. The molecule has 0 bridgehead atoms. The van der Waals surface area contributed by atoms with Crippen molar-refractivity contribution < 1.29 is 9.63 Å². The summed E-state index contributed by atoms with van der Waals surface area (Å²) in [6.45, 7) is 0. The molecular weight excluding hydrogens is 126 g/mol. The molecule has 1 heterocycles. The standard InChI is InChI=1S/C2H3N5O2/c3-9-2(8)1-4-6-7-5-1/h3H2,(H,4,5,6,7). The van der Waals surface area contributed by atoms with Crippen molar-refractivity contribution in [1.29, 1.82) is 0 Å². The van der Waals surface area contributed by atoms with Gasteiger partial charge >= 0.3 is 5.97 Å². The second-order valence-corrected chi connectivity index (χ2v) is 1.14. The van der Waals surface area contributed by atoms with Gasteiger partial charge in [-0.1, -0.05) is 0 Å². The van der Waals surface area contributed by atoms with Gasteiger partial charge in [0.25, 0.3) is 5.82 Å². The molecule has 0 amide bonds. The van der Waals surface area contributed by atoms with E-state index in [0.717, 1.165) is 0 Å². The third-order valence-electron chi connectivity index (χ3n) is 0.635. The van der Waals surface area contributed by atoms with Crippen LogP contribution in [0, 0.1) is 0 Å². The first-order valence-corrected chi connectivity index (χ1v) is 1.99. The van der Waals surface area contributed by atoms with Crippen LogP contribution in [0.5, 0.6) is 0 Å². The fraction of sp³-hybridized carbons (Fsp3) is 0. The predicted octanol–water partition coefficient (Wildman–Crippen LogP) is -1.77. The van der Waals surface area contributed by atoms with Crippen LogP contribution in [0.4, 0.5) is 0 Å². The van der Waals surface area contributed by atoms with Gasteiger partial charge in [-0.3, -0.25) is 0 Å². The van der Waals surface area contributed by atoms with Gasteiger partial charge < -0.3 is 4.84 Å². The van der Waals surface area contributed by atoms with Gasteiger partial charge in [0, 0.05) is 0 Å². The molecule has 7 nitrogen and oxygen atoms in total. The summed E-state index contributed by atoms with van der Waals surface area (Å²) in [4.78, 5) is 14.1. The number of hydrogen-bond acceptors (Lipinski definition) is 6. The summed E-state index contributed by atoms with van der Waals surface area (Å²) in [6, 6.07) is 0. The SMILES string of the molecule is NOC(=O)c1nn[nH]n1. The third-order valence-corrected chi connectivity index (χ3v) is 0.635. The number of nitrogens with two attached hydrogens (primary N) is 1. The Hall–Kier alpha value is -1.50. The molecule has 1 aromatic rings. The van der Waals surface area contributed by atoms with Gasteiger partial charge in [0.15, 0.2) is 0 Å². The minimum Gasteiger partial charge on any atom is -0.367 e. The minimum absolute atomic E-state index is 0.183. The largest absolute Gasteiger partial charge is 0.398 e. The molecule has 0 aromatic carbocycles. The number of nitrogens with one attached hydrogen (secondary N) is 1. The molecule has 0 unspecified atom stereocenters. The number of aromatic nitrogens is 4. The minimum atomic E-state index is -0.816. The Morgan fingerprint density at radius 1 is 1.78 bits per heavy atom. The normalized spacial score (nSPS) is 9.00. The maximum atomic E-state index is 10.3. The average molecular weight is 129 g/mol. The van der Waals surface area contributed by atoms with Crippen LogP contribution < -0.4 is 5.90 Å². The molecule has 1 aromatic heterocycles. The van der Waals surface area contributed by atoms with E-state index in [4.69, 9.17) is 0 Å². The highest BCUT2D eigenvalue weighted by Gasteiger charge is 2.09. The van der Waals surface area contributed by atoms with Crippen molar-refractivity contribution in [3.8, 4) is 0 Å². The van der Waals surface area contributed by atoms with Crippen LogP contribution in [-0.2, 0) is 4.84 Å². The van der Waals surface area contributed by atoms with Crippen molar-refractivity contribution in [3.05, 3.63) is 5.82 Å². The van der Waals surface area contributed by atoms with Gasteiger partial charge in [-0.25, -0.2) is 4.79 Å². The van der Waals surface area contributed by atoms with Crippen LogP contribution in [0.15, 0.2) is 0 Å². The monoisotopic (exact) mass is 129 g/mol. The molecule has 0 saturated carbocycles. The van der Waals surface area contributed by atoms with Gasteiger partial charge in [-0.05, 0) is 5.21 Å². The topological polar surface area (TPSA) is 107 Å². The molecule has 3 N–H and O–H groups in total. The quantitative estimate of drug-likeness (QED) is 0.434. The molecule has 0 radical (unpaired) electrons. The van der Waals surface area contributed by atoms with Gasteiger partial charge in [0.2, 0.25) is 0 Å². The molecule has 0 saturated heterocycles. The third kappa shape index (κ3) is 0.995. The summed E-state index contributed by atoms with van der Waals surface area (Å²) >= 11 is 0. The average Bonchev–Trinajstić information content (AvgIpc) is 2.37. The number of carbonyl (C=O) groups is 1. The summed E-state index contributed by atoms with van der Waals surface area (Å²) in [5, 5.41) is 11.7. The van der Waals surface area contributed by atoms with Gasteiger partial charge in [-0.2, -0.15) is 11.1 Å². The van der Waals surface area contributed by atoms with E-state index >= 15 is 0 Å². The van der Waals surface area contributed by atoms with E-state index in [2.05, 4.69) is 31.4 Å². The smallest absolute Gasteiger partial charge is 0.367 e. The van der Waals surface area contributed by atoms with Gasteiger partial charge in [0.1, 0.15) is 0 Å². The molecule has 9 heavy (non-hydrogen) atoms. The number of tetrazole rings is 1. The van der Waals surface area contributed by atoms with E-state index in [1.54, 1.807) is 0 Å². The molecular formula is C2H3N5O2. The van der Waals surface area contributed by atoms with Crippen molar-refractivity contribution in [2.24, 2.45) is 5.90 Å². The lowest BCUT2D eigenvalue weighted by atomic mass is 10.7. The molecule has 1 rings (SSSR count). The molecule has 48 valence electrons. The number of H-pyrrole nitrogens is 1. The molecule has 0 fully saturated rings. The summed E-state index contributed by atoms with van der Waals surface area (Å²) in [5.41, 5.74) is 0. The van der Waals surface area contributed by atoms with Crippen LogP contribution in [0.2, 0.25) is 0 Å². The Kier molecular flexibility index (Phi) is 1.36. The fourth-order valence-electron chi connectivity index (χ4n) is 0.301. The first kappa shape index (κ1) is 5.63. The zero-order valence-electron chi connectivity index (χ0n) is 4.24. The van der Waals surface area contributed by atoms with E-state index < -0.39 is 5.97 Å². The van der Waals surface area contributed by atoms with Crippen molar-refractivity contribution in [2.45, 2.75) is 0 Å². The Bertz CT molecular complexity index is 193. The van der Waals surface area contributed by atoms with E-state index in [-0.39, 0.29) is 5.82 Å². The highest BCUT2D eigenvalue weighted by atomic mass is 16.7. The maximum Gasteiger partial charge on any atom is 0.398 e. The molecule has 0 aliphatic heterocycles. The number of hydrogen-bond donors (Lipinski definition) is 2. The van der Waals surface area contributed by atoms with Crippen LogP contribution in [0.3, 0.4) is 0 Å². The summed E-state index contributed by atoms with van der Waals surface area (Å²) < 4.78 is 0. The first-order valence-electron chi connectivity index (χ1n) is 1.99. The number of carbonyl (C=O) groups excluding carboxylic acids is 1. The zero-order chi connectivity index (χ0) is 6.69. The lowest BCUT2D eigenvalue weighted by Crippen LogP contribution is -2.11. The van der Waals surface area contributed by atoms with E-state index in [1.165, 1.54) is 0 Å². The second-order valence-electron chi connectivity index (χ2n) is 1.14. The Morgan fingerprint density at radius 3 is 3.00 bits per heavy atom. The number of aromatic amines is 1. The number of rotatable bonds is 1. The predicted molar refractivity (Wildman–Crippen MR) is 23.8 cm³/mol. The zero-order valence-corrected chi connectivity index (χ0v) is 4.24. The second kappa shape index (κ2) is 2.18. The maximum absolute atomic E-state index is 10.3. The lowest BCUT2D eigenvalue weighted by molar-refractivity contribution is 0.0489. The van der Waals surface area contributed by atoms with Crippen molar-refractivity contribution in [1.82, 2.24) is 20.6 Å². The van der Waals surface area contributed by atoms with E-state index in [0.29, 0.717) is 0 Å².